The fourth-order valence-electron chi connectivity index (χ4n) is 3.07. The molecule has 3 aromatic rings. The van der Waals surface area contributed by atoms with Crippen molar-refractivity contribution in [2.75, 3.05) is 10.0 Å². The summed E-state index contributed by atoms with van der Waals surface area (Å²) in [6.45, 7) is 8.69. The molecule has 8 heteroatoms. The average Bonchev–Trinajstić information content (AvgIpc) is 3.03. The maximum atomic E-state index is 13.1. The van der Waals surface area contributed by atoms with Crippen LogP contribution < -0.4 is 10.0 Å². The summed E-state index contributed by atoms with van der Waals surface area (Å²) in [7, 11) is -3.79. The maximum absolute atomic E-state index is 13.1. The van der Waals surface area contributed by atoms with Crippen LogP contribution in [0.5, 0.6) is 0 Å². The van der Waals surface area contributed by atoms with Crippen molar-refractivity contribution >= 4 is 39.5 Å². The van der Waals surface area contributed by atoms with Gasteiger partial charge in [0.1, 0.15) is 11.4 Å². The normalized spacial score (nSPS) is 11.6. The van der Waals surface area contributed by atoms with E-state index in [0.29, 0.717) is 34.0 Å². The van der Waals surface area contributed by atoms with E-state index in [1.807, 2.05) is 32.0 Å². The number of carbonyl (C=O) groups is 1. The molecule has 162 valence electrons. The summed E-state index contributed by atoms with van der Waals surface area (Å²) in [6, 6.07) is 10.7. The molecule has 0 bridgehead atoms. The molecule has 0 aliphatic rings. The number of nitrogens with one attached hydrogen (secondary N) is 2. The Morgan fingerprint density at radius 3 is 2.48 bits per heavy atom. The van der Waals surface area contributed by atoms with Gasteiger partial charge in [-0.2, -0.15) is 0 Å². The van der Waals surface area contributed by atoms with Crippen molar-refractivity contribution in [1.29, 1.82) is 0 Å². The van der Waals surface area contributed by atoms with Gasteiger partial charge in [-0.1, -0.05) is 35.5 Å². The fraction of sp³-hybridized carbons (Fsp3) is 0.217. The first kappa shape index (κ1) is 22.3. The Bertz CT molecular complexity index is 1270. The van der Waals surface area contributed by atoms with Crippen LogP contribution in [0.4, 0.5) is 11.4 Å². The number of sulfonamides is 1. The molecule has 0 radical (unpaired) electrons. The van der Waals surface area contributed by atoms with E-state index < -0.39 is 10.0 Å². The van der Waals surface area contributed by atoms with E-state index in [-0.39, 0.29) is 10.8 Å². The predicted octanol–water partition coefficient (Wildman–Crippen LogP) is 4.84. The van der Waals surface area contributed by atoms with E-state index in [2.05, 4.69) is 15.2 Å². The lowest BCUT2D eigenvalue weighted by Gasteiger charge is -2.14. The molecular weight excluding hydrogens is 414 g/mol. The highest BCUT2D eigenvalue weighted by atomic mass is 32.2. The van der Waals surface area contributed by atoms with E-state index in [1.54, 1.807) is 44.2 Å². The highest BCUT2D eigenvalue weighted by molar-refractivity contribution is 7.92. The number of aryl methyl sites for hydroxylation is 3. The van der Waals surface area contributed by atoms with E-state index in [9.17, 15) is 13.2 Å². The first-order chi connectivity index (χ1) is 14.6. The zero-order valence-corrected chi connectivity index (χ0v) is 18.9. The molecule has 0 spiro atoms. The third-order valence-corrected chi connectivity index (χ3v) is 6.48. The number of amides is 1. The standard InChI is InChI=1S/C23H25N3O4S/c1-14-7-6-8-20(16(14)3)26-31(28,29)22-13-19(10-9-15(22)2)11-12-21-23(24-18(5)27)17(4)25-30-21/h6-13,26H,1-5H3,(H,24,27). The second kappa shape index (κ2) is 8.77. The van der Waals surface area contributed by atoms with Gasteiger partial charge in [-0.05, 0) is 68.2 Å². The number of hydrogen-bond acceptors (Lipinski definition) is 5. The summed E-state index contributed by atoms with van der Waals surface area (Å²) in [5.74, 6) is 0.147. The predicted molar refractivity (Wildman–Crippen MR) is 122 cm³/mol. The average molecular weight is 440 g/mol. The number of rotatable bonds is 6. The van der Waals surface area contributed by atoms with Gasteiger partial charge < -0.3 is 9.84 Å². The summed E-state index contributed by atoms with van der Waals surface area (Å²) in [4.78, 5) is 11.6. The number of aromatic nitrogens is 1. The molecule has 2 N–H and O–H groups in total. The van der Waals surface area contributed by atoms with Crippen LogP contribution in [-0.2, 0) is 14.8 Å². The third kappa shape index (κ3) is 5.03. The number of nitrogens with zero attached hydrogens (tertiary/aromatic N) is 1. The number of benzene rings is 2. The van der Waals surface area contributed by atoms with Gasteiger partial charge in [0.2, 0.25) is 5.91 Å². The van der Waals surface area contributed by atoms with E-state index in [1.165, 1.54) is 6.92 Å². The van der Waals surface area contributed by atoms with E-state index >= 15 is 0 Å². The summed E-state index contributed by atoms with van der Waals surface area (Å²) in [6.07, 6.45) is 3.35. The van der Waals surface area contributed by atoms with Gasteiger partial charge in [-0.15, -0.1) is 0 Å². The van der Waals surface area contributed by atoms with Gasteiger partial charge in [0.25, 0.3) is 10.0 Å². The minimum atomic E-state index is -3.79. The molecule has 0 unspecified atom stereocenters. The van der Waals surface area contributed by atoms with Crippen molar-refractivity contribution in [3.05, 3.63) is 70.1 Å². The molecule has 3 rings (SSSR count). The molecule has 1 amide bonds. The lowest BCUT2D eigenvalue weighted by molar-refractivity contribution is -0.114. The smallest absolute Gasteiger partial charge is 0.262 e. The molecule has 31 heavy (non-hydrogen) atoms. The highest BCUT2D eigenvalue weighted by Crippen LogP contribution is 2.26. The molecule has 0 saturated heterocycles. The minimum Gasteiger partial charge on any atom is -0.354 e. The van der Waals surface area contributed by atoms with Crippen LogP contribution in [0, 0.1) is 27.7 Å². The Morgan fingerprint density at radius 2 is 1.77 bits per heavy atom. The van der Waals surface area contributed by atoms with Gasteiger partial charge in [0.05, 0.1) is 10.6 Å². The van der Waals surface area contributed by atoms with Gasteiger partial charge in [-0.3, -0.25) is 9.52 Å². The van der Waals surface area contributed by atoms with Crippen molar-refractivity contribution in [1.82, 2.24) is 5.16 Å². The molecular formula is C23H25N3O4S. The Labute approximate surface area is 182 Å². The monoisotopic (exact) mass is 439 g/mol. The molecule has 0 aliphatic carbocycles. The molecule has 7 nitrogen and oxygen atoms in total. The number of anilines is 2. The first-order valence-corrected chi connectivity index (χ1v) is 11.2. The fourth-order valence-corrected chi connectivity index (χ4v) is 4.48. The van der Waals surface area contributed by atoms with Crippen LogP contribution in [0.1, 0.15) is 40.6 Å². The van der Waals surface area contributed by atoms with Crippen molar-refractivity contribution < 1.29 is 17.7 Å². The zero-order valence-electron chi connectivity index (χ0n) is 18.1. The molecule has 0 aliphatic heterocycles. The Morgan fingerprint density at radius 1 is 1.03 bits per heavy atom. The van der Waals surface area contributed by atoms with Crippen LogP contribution in [0.2, 0.25) is 0 Å². The van der Waals surface area contributed by atoms with Crippen molar-refractivity contribution in [2.24, 2.45) is 0 Å². The van der Waals surface area contributed by atoms with Crippen LogP contribution in [-0.4, -0.2) is 19.5 Å². The largest absolute Gasteiger partial charge is 0.354 e. The quantitative estimate of drug-likeness (QED) is 0.572. The maximum Gasteiger partial charge on any atom is 0.262 e. The molecule has 0 fully saturated rings. The van der Waals surface area contributed by atoms with Crippen LogP contribution in [0.15, 0.2) is 45.8 Å². The van der Waals surface area contributed by atoms with E-state index in [0.717, 1.165) is 11.1 Å². The van der Waals surface area contributed by atoms with Crippen molar-refractivity contribution in [2.45, 2.75) is 39.5 Å². The SMILES string of the molecule is CC(=O)Nc1c(C)noc1C=Cc1ccc(C)c(S(=O)(=O)Nc2cccc(C)c2C)c1. The van der Waals surface area contributed by atoms with Gasteiger partial charge in [0, 0.05) is 6.92 Å². The second-order valence-corrected chi connectivity index (χ2v) is 9.05. The van der Waals surface area contributed by atoms with Gasteiger partial charge >= 0.3 is 0 Å². The summed E-state index contributed by atoms with van der Waals surface area (Å²) < 4.78 is 34.1. The lowest BCUT2D eigenvalue weighted by atomic mass is 10.1. The molecule has 0 atom stereocenters. The summed E-state index contributed by atoms with van der Waals surface area (Å²) in [5, 5.41) is 6.56. The Kier molecular flexibility index (Phi) is 6.31. The lowest BCUT2D eigenvalue weighted by Crippen LogP contribution is -2.15. The van der Waals surface area contributed by atoms with Gasteiger partial charge in [0.15, 0.2) is 5.76 Å². The number of carbonyl (C=O) groups excluding carboxylic acids is 1. The van der Waals surface area contributed by atoms with Crippen molar-refractivity contribution in [3.63, 3.8) is 0 Å². The molecule has 0 saturated carbocycles. The Balaban J connectivity index is 1.93. The second-order valence-electron chi connectivity index (χ2n) is 7.40. The topological polar surface area (TPSA) is 101 Å². The number of hydrogen-bond donors (Lipinski definition) is 2. The first-order valence-electron chi connectivity index (χ1n) is 9.70. The van der Waals surface area contributed by atoms with E-state index in [4.69, 9.17) is 4.52 Å². The van der Waals surface area contributed by atoms with Crippen molar-refractivity contribution in [3.8, 4) is 0 Å². The minimum absolute atomic E-state index is 0.186. The molecule has 1 aromatic heterocycles. The Hall–Kier alpha value is -3.39. The summed E-state index contributed by atoms with van der Waals surface area (Å²) >= 11 is 0. The molecule has 1 heterocycles. The molecule has 2 aromatic carbocycles. The summed E-state index contributed by atoms with van der Waals surface area (Å²) in [5.41, 5.74) is 4.77. The van der Waals surface area contributed by atoms with Crippen LogP contribution in [0.25, 0.3) is 12.2 Å². The van der Waals surface area contributed by atoms with Crippen LogP contribution in [0.3, 0.4) is 0 Å². The van der Waals surface area contributed by atoms with Crippen LogP contribution >= 0.6 is 0 Å². The highest BCUT2D eigenvalue weighted by Gasteiger charge is 2.19. The third-order valence-electron chi connectivity index (χ3n) is 4.97. The zero-order chi connectivity index (χ0) is 22.8. The van der Waals surface area contributed by atoms with Gasteiger partial charge in [-0.25, -0.2) is 8.42 Å².